The summed E-state index contributed by atoms with van der Waals surface area (Å²) in [6, 6.07) is -0.277. The summed E-state index contributed by atoms with van der Waals surface area (Å²) in [7, 11) is 1.47. The van der Waals surface area contributed by atoms with E-state index in [-0.39, 0.29) is 25.1 Å². The minimum atomic E-state index is -1.02. The number of likely N-dealkylation sites (tertiary alicyclic amines) is 1. The van der Waals surface area contributed by atoms with Gasteiger partial charge in [0.15, 0.2) is 0 Å². The molecule has 1 aliphatic rings. The van der Waals surface area contributed by atoms with Crippen molar-refractivity contribution in [2.45, 2.75) is 12.8 Å². The van der Waals surface area contributed by atoms with Crippen molar-refractivity contribution in [2.75, 3.05) is 33.3 Å². The van der Waals surface area contributed by atoms with Crippen molar-refractivity contribution < 1.29 is 19.8 Å². The van der Waals surface area contributed by atoms with Gasteiger partial charge in [0, 0.05) is 26.7 Å². The summed E-state index contributed by atoms with van der Waals surface area (Å²) in [6.07, 6.45) is 1.78. The normalized spacial score (nSPS) is 20.6. The molecule has 1 aliphatic heterocycles. The van der Waals surface area contributed by atoms with Crippen LogP contribution in [0, 0.1) is 5.92 Å². The molecule has 16 heavy (non-hydrogen) atoms. The van der Waals surface area contributed by atoms with E-state index in [2.05, 4.69) is 0 Å². The molecule has 0 bridgehead atoms. The largest absolute Gasteiger partial charge is 0.480 e. The van der Waals surface area contributed by atoms with Crippen molar-refractivity contribution in [1.29, 1.82) is 0 Å². The fraction of sp³-hybridized carbons (Fsp3) is 0.800. The number of nitrogens with zero attached hydrogens (tertiary/aromatic N) is 2. The Hall–Kier alpha value is -1.30. The lowest BCUT2D eigenvalue weighted by atomic mass is 9.99. The number of likely N-dealkylation sites (N-methyl/N-ethyl adjacent to an activating group) is 1. The Morgan fingerprint density at radius 2 is 2.19 bits per heavy atom. The first-order valence-electron chi connectivity index (χ1n) is 5.37. The molecule has 0 spiro atoms. The third kappa shape index (κ3) is 3.37. The average Bonchev–Trinajstić information content (AvgIpc) is 2.27. The molecule has 1 fully saturated rings. The van der Waals surface area contributed by atoms with Crippen molar-refractivity contribution in [2.24, 2.45) is 5.92 Å². The monoisotopic (exact) mass is 230 g/mol. The predicted octanol–water partition coefficient (Wildman–Crippen LogP) is -0.173. The third-order valence-corrected chi connectivity index (χ3v) is 2.75. The number of carboxylic acids is 1. The molecular weight excluding hydrogens is 212 g/mol. The SMILES string of the molecule is CN(CC(=O)O)C(=O)N1CCCC(CO)C1. The molecule has 92 valence electrons. The molecule has 6 nitrogen and oxygen atoms in total. The number of carbonyl (C=O) groups is 2. The summed E-state index contributed by atoms with van der Waals surface area (Å²) in [5, 5.41) is 17.6. The van der Waals surface area contributed by atoms with E-state index >= 15 is 0 Å². The molecule has 0 aromatic heterocycles. The lowest BCUT2D eigenvalue weighted by molar-refractivity contribution is -0.137. The fourth-order valence-corrected chi connectivity index (χ4v) is 1.90. The second-order valence-corrected chi connectivity index (χ2v) is 4.17. The van der Waals surface area contributed by atoms with Gasteiger partial charge < -0.3 is 20.0 Å². The van der Waals surface area contributed by atoms with Crippen LogP contribution in [0.15, 0.2) is 0 Å². The van der Waals surface area contributed by atoms with Crippen LogP contribution in [0.5, 0.6) is 0 Å². The van der Waals surface area contributed by atoms with Gasteiger partial charge in [0.2, 0.25) is 0 Å². The molecule has 1 atom stereocenters. The number of hydrogen-bond acceptors (Lipinski definition) is 3. The molecule has 0 saturated carbocycles. The first-order valence-corrected chi connectivity index (χ1v) is 5.37. The summed E-state index contributed by atoms with van der Waals surface area (Å²) < 4.78 is 0. The Bertz CT molecular complexity index is 270. The molecule has 1 rings (SSSR count). The van der Waals surface area contributed by atoms with Gasteiger partial charge in [-0.25, -0.2) is 4.79 Å². The van der Waals surface area contributed by atoms with Gasteiger partial charge >= 0.3 is 12.0 Å². The number of amides is 2. The van der Waals surface area contributed by atoms with E-state index in [1.54, 1.807) is 4.90 Å². The highest BCUT2D eigenvalue weighted by molar-refractivity contribution is 5.79. The second kappa shape index (κ2) is 5.69. The maximum absolute atomic E-state index is 11.8. The third-order valence-electron chi connectivity index (χ3n) is 2.75. The minimum absolute atomic E-state index is 0.0758. The van der Waals surface area contributed by atoms with Crippen molar-refractivity contribution in [3.63, 3.8) is 0 Å². The number of aliphatic hydroxyl groups excluding tert-OH is 1. The highest BCUT2D eigenvalue weighted by atomic mass is 16.4. The minimum Gasteiger partial charge on any atom is -0.480 e. The van der Waals surface area contributed by atoms with Crippen LogP contribution in [0.3, 0.4) is 0 Å². The Morgan fingerprint density at radius 1 is 1.50 bits per heavy atom. The van der Waals surface area contributed by atoms with Gasteiger partial charge in [0.25, 0.3) is 0 Å². The quantitative estimate of drug-likeness (QED) is 0.705. The molecule has 2 N–H and O–H groups in total. The zero-order valence-electron chi connectivity index (χ0n) is 9.43. The molecule has 0 radical (unpaired) electrons. The number of carbonyl (C=O) groups excluding carboxylic acids is 1. The van der Waals surface area contributed by atoms with Crippen molar-refractivity contribution in [3.8, 4) is 0 Å². The molecular formula is C10H18N2O4. The Morgan fingerprint density at radius 3 is 2.75 bits per heavy atom. The highest BCUT2D eigenvalue weighted by Gasteiger charge is 2.25. The number of rotatable bonds is 3. The number of piperidine rings is 1. The van der Waals surface area contributed by atoms with Crippen LogP contribution in [-0.2, 0) is 4.79 Å². The predicted molar refractivity (Wildman–Crippen MR) is 57.0 cm³/mol. The highest BCUT2D eigenvalue weighted by Crippen LogP contribution is 2.16. The lowest BCUT2D eigenvalue weighted by Crippen LogP contribution is -2.48. The Kier molecular flexibility index (Phi) is 4.54. The van der Waals surface area contributed by atoms with Gasteiger partial charge in [-0.2, -0.15) is 0 Å². The van der Waals surface area contributed by atoms with Crippen molar-refractivity contribution in [3.05, 3.63) is 0 Å². The topological polar surface area (TPSA) is 81.1 Å². The maximum atomic E-state index is 11.8. The number of urea groups is 1. The first kappa shape index (κ1) is 12.8. The zero-order chi connectivity index (χ0) is 12.1. The van der Waals surface area contributed by atoms with Gasteiger partial charge in [-0.1, -0.05) is 0 Å². The van der Waals surface area contributed by atoms with E-state index in [0.717, 1.165) is 12.8 Å². The van der Waals surface area contributed by atoms with Crippen LogP contribution in [0.1, 0.15) is 12.8 Å². The van der Waals surface area contributed by atoms with Crippen LogP contribution in [0.2, 0.25) is 0 Å². The van der Waals surface area contributed by atoms with Crippen LogP contribution in [-0.4, -0.2) is 65.3 Å². The molecule has 2 amide bonds. The number of aliphatic hydroxyl groups is 1. The van der Waals surface area contributed by atoms with Gasteiger partial charge in [-0.3, -0.25) is 4.79 Å². The number of aliphatic carboxylic acids is 1. The van der Waals surface area contributed by atoms with Crippen LogP contribution >= 0.6 is 0 Å². The van der Waals surface area contributed by atoms with Crippen LogP contribution in [0.4, 0.5) is 4.79 Å². The second-order valence-electron chi connectivity index (χ2n) is 4.17. The van der Waals surface area contributed by atoms with E-state index in [1.807, 2.05) is 0 Å². The Balaban J connectivity index is 2.49. The molecule has 0 aromatic rings. The summed E-state index contributed by atoms with van der Waals surface area (Å²) in [5.41, 5.74) is 0. The summed E-state index contributed by atoms with van der Waals surface area (Å²) >= 11 is 0. The van der Waals surface area contributed by atoms with Crippen LogP contribution < -0.4 is 0 Å². The van der Waals surface area contributed by atoms with Crippen molar-refractivity contribution >= 4 is 12.0 Å². The van der Waals surface area contributed by atoms with Gasteiger partial charge in [0.05, 0.1) is 0 Å². The average molecular weight is 230 g/mol. The smallest absolute Gasteiger partial charge is 0.323 e. The van der Waals surface area contributed by atoms with Crippen molar-refractivity contribution in [1.82, 2.24) is 9.80 Å². The zero-order valence-corrected chi connectivity index (χ0v) is 9.43. The molecule has 6 heteroatoms. The molecule has 0 aliphatic carbocycles. The summed E-state index contributed by atoms with van der Waals surface area (Å²) in [5.74, 6) is -0.900. The standard InChI is InChI=1S/C10H18N2O4/c1-11(6-9(14)15)10(16)12-4-2-3-8(5-12)7-13/h8,13H,2-7H2,1H3,(H,14,15). The maximum Gasteiger partial charge on any atom is 0.323 e. The van der Waals surface area contributed by atoms with E-state index in [4.69, 9.17) is 10.2 Å². The Labute approximate surface area is 94.4 Å². The fourth-order valence-electron chi connectivity index (χ4n) is 1.90. The molecule has 1 heterocycles. The van der Waals surface area contributed by atoms with Gasteiger partial charge in [-0.15, -0.1) is 0 Å². The van der Waals surface area contributed by atoms with E-state index < -0.39 is 5.97 Å². The van der Waals surface area contributed by atoms with Gasteiger partial charge in [-0.05, 0) is 18.8 Å². The number of carboxylic acid groups (broad SMARTS) is 1. The summed E-state index contributed by atoms with van der Waals surface area (Å²) in [6.45, 7) is 0.935. The van der Waals surface area contributed by atoms with E-state index in [0.29, 0.717) is 13.1 Å². The molecule has 1 saturated heterocycles. The first-order chi connectivity index (χ1) is 7.54. The molecule has 0 aromatic carbocycles. The lowest BCUT2D eigenvalue weighted by Gasteiger charge is -2.34. The molecule has 1 unspecified atom stereocenters. The van der Waals surface area contributed by atoms with Gasteiger partial charge in [0.1, 0.15) is 6.54 Å². The van der Waals surface area contributed by atoms with Crippen LogP contribution in [0.25, 0.3) is 0 Å². The number of hydrogen-bond donors (Lipinski definition) is 2. The van der Waals surface area contributed by atoms with E-state index in [9.17, 15) is 9.59 Å². The van der Waals surface area contributed by atoms with E-state index in [1.165, 1.54) is 11.9 Å². The summed E-state index contributed by atoms with van der Waals surface area (Å²) in [4.78, 5) is 25.1.